The van der Waals surface area contributed by atoms with Crippen molar-refractivity contribution in [2.24, 2.45) is 5.92 Å². The third-order valence-electron chi connectivity index (χ3n) is 5.73. The van der Waals surface area contributed by atoms with Gasteiger partial charge in [-0.2, -0.15) is 13.2 Å². The number of aliphatic carboxylic acids is 1. The van der Waals surface area contributed by atoms with E-state index in [1.165, 1.54) is 0 Å². The van der Waals surface area contributed by atoms with Crippen LogP contribution >= 0.6 is 0 Å². The molecule has 3 N–H and O–H groups in total. The van der Waals surface area contributed by atoms with Crippen LogP contribution in [0.25, 0.3) is 0 Å². The number of carbonyl (C=O) groups excluding carboxylic acids is 3. The van der Waals surface area contributed by atoms with Crippen molar-refractivity contribution in [3.63, 3.8) is 0 Å². The molecule has 0 bridgehead atoms. The van der Waals surface area contributed by atoms with Crippen molar-refractivity contribution < 1.29 is 37.5 Å². The summed E-state index contributed by atoms with van der Waals surface area (Å²) in [7, 11) is 0. The third kappa shape index (κ3) is 5.42. The Hall–Kier alpha value is -3.02. The van der Waals surface area contributed by atoms with Crippen LogP contribution in [0.5, 0.6) is 0 Å². The summed E-state index contributed by atoms with van der Waals surface area (Å²) in [4.78, 5) is 51.3. The van der Waals surface area contributed by atoms with Crippen LogP contribution in [-0.4, -0.2) is 64.0 Å². The fourth-order valence-corrected chi connectivity index (χ4v) is 4.08. The number of halogens is 3. The van der Waals surface area contributed by atoms with Crippen LogP contribution in [0, 0.1) is 5.92 Å². The summed E-state index contributed by atoms with van der Waals surface area (Å²) in [5, 5.41) is 12.8. The average Bonchev–Trinajstić information content (AvgIpc) is 3.06. The number of piperidine rings is 2. The lowest BCUT2D eigenvalue weighted by Gasteiger charge is -2.29. The van der Waals surface area contributed by atoms with E-state index >= 15 is 0 Å². The first-order valence-electron chi connectivity index (χ1n) is 10.2. The maximum atomic E-state index is 12.8. The summed E-state index contributed by atoms with van der Waals surface area (Å²) in [6, 6.07) is 1.18. The smallest absolute Gasteiger partial charge is 0.475 e. The van der Waals surface area contributed by atoms with Gasteiger partial charge in [-0.05, 0) is 50.8 Å². The molecule has 0 aliphatic carbocycles. The number of carboxylic acid groups (broad SMARTS) is 1. The monoisotopic (exact) mass is 456 g/mol. The molecule has 0 aromatic carbocycles. The van der Waals surface area contributed by atoms with E-state index < -0.39 is 18.2 Å². The normalized spacial score (nSPS) is 21.5. The first-order valence-corrected chi connectivity index (χ1v) is 10.2. The second-order valence-corrected chi connectivity index (χ2v) is 7.88. The molecular formula is C20H23F3N4O5. The Morgan fingerprint density at radius 2 is 1.84 bits per heavy atom. The van der Waals surface area contributed by atoms with Crippen LogP contribution in [-0.2, 0) is 27.3 Å². The molecule has 9 nitrogen and oxygen atoms in total. The van der Waals surface area contributed by atoms with Gasteiger partial charge in [0.1, 0.15) is 6.04 Å². The summed E-state index contributed by atoms with van der Waals surface area (Å²) in [5.41, 5.74) is 2.59. The fraction of sp³-hybridized carbons (Fsp3) is 0.550. The van der Waals surface area contributed by atoms with Gasteiger partial charge in [0.2, 0.25) is 11.8 Å². The maximum absolute atomic E-state index is 12.8. The minimum Gasteiger partial charge on any atom is -0.475 e. The Bertz CT molecular complexity index is 915. The summed E-state index contributed by atoms with van der Waals surface area (Å²) in [6.07, 6.45) is 0.396. The standard InChI is InChI=1S/C18H22N4O3.C2HF3O2/c23-16-2-1-15(17(24)21-16)22-10-13-12(18(22)25)5-8-20-14(13)9-11-3-6-19-7-4-11;3-2(4,5)1(6)7/h5,8,11,15,19H,1-4,6-7,9-10H2,(H,21,23,24);(H,6,7). The topological polar surface area (TPSA) is 129 Å². The Morgan fingerprint density at radius 1 is 1.19 bits per heavy atom. The predicted octanol–water partition coefficient (Wildman–Crippen LogP) is 1.02. The van der Waals surface area contributed by atoms with E-state index in [0.29, 0.717) is 24.4 Å². The van der Waals surface area contributed by atoms with Gasteiger partial charge in [0, 0.05) is 36.0 Å². The molecule has 1 aromatic heterocycles. The second kappa shape index (κ2) is 9.63. The maximum Gasteiger partial charge on any atom is 0.490 e. The van der Waals surface area contributed by atoms with Gasteiger partial charge in [0.05, 0.1) is 0 Å². The van der Waals surface area contributed by atoms with Gasteiger partial charge in [-0.3, -0.25) is 24.7 Å². The number of imide groups is 1. The zero-order valence-corrected chi connectivity index (χ0v) is 17.1. The summed E-state index contributed by atoms with van der Waals surface area (Å²) < 4.78 is 31.7. The van der Waals surface area contributed by atoms with Gasteiger partial charge >= 0.3 is 12.1 Å². The molecule has 1 unspecified atom stereocenters. The van der Waals surface area contributed by atoms with Crippen LogP contribution in [0.2, 0.25) is 0 Å². The average molecular weight is 456 g/mol. The number of hydrogen-bond acceptors (Lipinski definition) is 6. The first-order chi connectivity index (χ1) is 15.1. The van der Waals surface area contributed by atoms with Crippen LogP contribution < -0.4 is 10.6 Å². The predicted molar refractivity (Wildman–Crippen MR) is 103 cm³/mol. The van der Waals surface area contributed by atoms with E-state index in [1.54, 1.807) is 17.2 Å². The van der Waals surface area contributed by atoms with Crippen LogP contribution in [0.4, 0.5) is 13.2 Å². The lowest BCUT2D eigenvalue weighted by Crippen LogP contribution is -2.52. The zero-order chi connectivity index (χ0) is 23.5. The molecule has 1 atom stereocenters. The van der Waals surface area contributed by atoms with E-state index in [2.05, 4.69) is 15.6 Å². The van der Waals surface area contributed by atoms with E-state index in [4.69, 9.17) is 9.90 Å². The summed E-state index contributed by atoms with van der Waals surface area (Å²) in [5.74, 6) is -2.94. The largest absolute Gasteiger partial charge is 0.490 e. The number of aromatic nitrogens is 1. The molecule has 3 amide bonds. The summed E-state index contributed by atoms with van der Waals surface area (Å²) >= 11 is 0. The highest BCUT2D eigenvalue weighted by atomic mass is 19.4. The molecule has 174 valence electrons. The SMILES string of the molecule is O=C(O)C(F)(F)F.O=C1CCC(N2Cc3c(ccnc3CC3CCNCC3)C2=O)C(=O)N1. The van der Waals surface area contributed by atoms with Crippen molar-refractivity contribution in [3.05, 3.63) is 29.1 Å². The van der Waals surface area contributed by atoms with Crippen molar-refractivity contribution >= 4 is 23.7 Å². The van der Waals surface area contributed by atoms with Crippen LogP contribution in [0.1, 0.15) is 47.3 Å². The number of nitrogens with one attached hydrogen (secondary N) is 2. The van der Waals surface area contributed by atoms with Gasteiger partial charge in [0.15, 0.2) is 0 Å². The Labute approximate surface area is 181 Å². The minimum absolute atomic E-state index is 0.126. The Kier molecular flexibility index (Phi) is 7.12. The molecule has 4 rings (SSSR count). The number of pyridine rings is 1. The van der Waals surface area contributed by atoms with E-state index in [-0.39, 0.29) is 24.1 Å². The first kappa shape index (κ1) is 23.6. The summed E-state index contributed by atoms with van der Waals surface area (Å²) in [6.45, 7) is 2.47. The van der Waals surface area contributed by atoms with Crippen LogP contribution in [0.15, 0.2) is 12.3 Å². The molecule has 0 spiro atoms. The van der Waals surface area contributed by atoms with Crippen molar-refractivity contribution in [1.29, 1.82) is 0 Å². The van der Waals surface area contributed by atoms with Gasteiger partial charge in [-0.1, -0.05) is 0 Å². The van der Waals surface area contributed by atoms with E-state index in [1.807, 2.05) is 0 Å². The molecule has 3 aliphatic rings. The number of amides is 3. The lowest BCUT2D eigenvalue weighted by molar-refractivity contribution is -0.192. The Balaban J connectivity index is 0.000000360. The number of fused-ring (bicyclic) bond motifs is 1. The number of carbonyl (C=O) groups is 4. The van der Waals surface area contributed by atoms with E-state index in [0.717, 1.165) is 43.6 Å². The van der Waals surface area contributed by atoms with Crippen molar-refractivity contribution in [2.45, 2.75) is 50.9 Å². The van der Waals surface area contributed by atoms with Crippen molar-refractivity contribution in [2.75, 3.05) is 13.1 Å². The van der Waals surface area contributed by atoms with E-state index in [9.17, 15) is 27.6 Å². The molecule has 0 saturated carbocycles. The number of alkyl halides is 3. The molecule has 12 heteroatoms. The molecule has 32 heavy (non-hydrogen) atoms. The number of nitrogens with zero attached hydrogens (tertiary/aromatic N) is 2. The second-order valence-electron chi connectivity index (χ2n) is 7.88. The quantitative estimate of drug-likeness (QED) is 0.579. The van der Waals surface area contributed by atoms with Crippen molar-refractivity contribution in [3.8, 4) is 0 Å². The number of hydrogen-bond donors (Lipinski definition) is 3. The van der Waals surface area contributed by atoms with Crippen LogP contribution in [0.3, 0.4) is 0 Å². The Morgan fingerprint density at radius 3 is 2.44 bits per heavy atom. The highest BCUT2D eigenvalue weighted by Crippen LogP contribution is 2.30. The number of carboxylic acids is 1. The molecule has 2 fully saturated rings. The highest BCUT2D eigenvalue weighted by Gasteiger charge is 2.40. The molecule has 3 aliphatic heterocycles. The van der Waals surface area contributed by atoms with Gasteiger partial charge in [0.25, 0.3) is 5.91 Å². The zero-order valence-electron chi connectivity index (χ0n) is 17.1. The number of rotatable bonds is 3. The highest BCUT2D eigenvalue weighted by molar-refractivity contribution is 6.05. The minimum atomic E-state index is -5.08. The van der Waals surface area contributed by atoms with Gasteiger partial charge < -0.3 is 15.3 Å². The molecule has 0 radical (unpaired) electrons. The molecule has 4 heterocycles. The molecule has 1 aromatic rings. The lowest BCUT2D eigenvalue weighted by atomic mass is 9.91. The molecular weight excluding hydrogens is 433 g/mol. The molecule has 2 saturated heterocycles. The van der Waals surface area contributed by atoms with Gasteiger partial charge in [-0.25, -0.2) is 4.79 Å². The fourth-order valence-electron chi connectivity index (χ4n) is 4.08. The van der Waals surface area contributed by atoms with Gasteiger partial charge in [-0.15, -0.1) is 0 Å². The van der Waals surface area contributed by atoms with Crippen molar-refractivity contribution in [1.82, 2.24) is 20.5 Å². The third-order valence-corrected chi connectivity index (χ3v) is 5.73.